The van der Waals surface area contributed by atoms with Gasteiger partial charge in [-0.1, -0.05) is 20.8 Å². The largest absolute Gasteiger partial charge is 0.507 e. The maximum Gasteiger partial charge on any atom is 0.124 e. The van der Waals surface area contributed by atoms with Gasteiger partial charge in [0.1, 0.15) is 5.75 Å². The molecule has 0 amide bonds. The summed E-state index contributed by atoms with van der Waals surface area (Å²) in [6.07, 6.45) is 0. The molecule has 0 radical (unpaired) electrons. The Hall–Kier alpha value is -1.26. The summed E-state index contributed by atoms with van der Waals surface area (Å²) in [6, 6.07) is 4.16. The molecule has 0 bridgehead atoms. The fraction of sp³-hybridized carbons (Fsp3) is 0.750. The molecule has 0 atom stereocenters. The number of nitrogens with one attached hydrogen (secondary N) is 3. The molecule has 0 saturated carbocycles. The van der Waals surface area contributed by atoms with E-state index >= 15 is 0 Å². The van der Waals surface area contributed by atoms with E-state index in [1.165, 1.54) is 25.2 Å². The Morgan fingerprint density at radius 3 is 1.25 bits per heavy atom. The molecule has 8 nitrogen and oxygen atoms in total. The average Bonchev–Trinajstić information content (AvgIpc) is 2.72. The molecule has 0 heterocycles. The van der Waals surface area contributed by atoms with Gasteiger partial charge in [-0.3, -0.25) is 14.7 Å². The minimum Gasteiger partial charge on any atom is -0.507 e. The van der Waals surface area contributed by atoms with Crippen LogP contribution in [0.2, 0.25) is 0 Å². The number of hydrogen-bond donors (Lipinski definition) is 4. The van der Waals surface area contributed by atoms with Crippen LogP contribution in [-0.2, 0) is 19.6 Å². The summed E-state index contributed by atoms with van der Waals surface area (Å²) in [7, 11) is 12.2. The van der Waals surface area contributed by atoms with Crippen LogP contribution in [0.3, 0.4) is 0 Å². The van der Waals surface area contributed by atoms with Crippen LogP contribution in [0.4, 0.5) is 0 Å². The molecule has 4 N–H and O–H groups in total. The molecule has 0 saturated heterocycles. The minimum absolute atomic E-state index is 0.383. The highest BCUT2D eigenvalue weighted by Crippen LogP contribution is 2.25. The van der Waals surface area contributed by atoms with Crippen molar-refractivity contribution in [1.29, 1.82) is 0 Å². The van der Waals surface area contributed by atoms with Gasteiger partial charge in [-0.2, -0.15) is 0 Å². The quantitative estimate of drug-likeness (QED) is 0.299. The number of phenolic OH excluding ortho intramolecular Hbond substituents is 1. The fourth-order valence-corrected chi connectivity index (χ4v) is 3.13. The Morgan fingerprint density at radius 2 is 0.969 bits per heavy atom. The van der Waals surface area contributed by atoms with E-state index in [2.05, 4.69) is 68.5 Å². The standard InChI is InChI=1S/C18H36N6O.C6H15N/c1-22(2)12-19-9-15-7-16(10-20-13-23(3)4)18(25)17(8-15)11-21-14-24(5)6;1-4-7(5-2)6-3/h7-8,19-21,25H,9-14H2,1-6H3;4-6H2,1-3H3. The average molecular weight is 454 g/mol. The van der Waals surface area contributed by atoms with E-state index in [9.17, 15) is 5.11 Å². The third kappa shape index (κ3) is 14.7. The summed E-state index contributed by atoms with van der Waals surface area (Å²) in [5.74, 6) is 0.383. The lowest BCUT2D eigenvalue weighted by Crippen LogP contribution is -2.29. The number of rotatable bonds is 15. The van der Waals surface area contributed by atoms with Gasteiger partial charge in [-0.25, -0.2) is 0 Å². The summed E-state index contributed by atoms with van der Waals surface area (Å²) in [6.45, 7) is 14.6. The molecular weight excluding hydrogens is 402 g/mol. The fourth-order valence-electron chi connectivity index (χ4n) is 3.13. The molecule has 0 aliphatic heterocycles. The molecule has 8 heteroatoms. The zero-order chi connectivity index (χ0) is 24.5. The molecule has 1 rings (SSSR count). The molecule has 0 aliphatic rings. The van der Waals surface area contributed by atoms with Crippen LogP contribution in [0.5, 0.6) is 5.75 Å². The van der Waals surface area contributed by atoms with Gasteiger partial charge in [-0.15, -0.1) is 0 Å². The first-order chi connectivity index (χ1) is 15.1. The molecule has 0 unspecified atom stereocenters. The highest BCUT2D eigenvalue weighted by atomic mass is 16.3. The van der Waals surface area contributed by atoms with Crippen LogP contribution in [0, 0.1) is 0 Å². The van der Waals surface area contributed by atoms with Crippen LogP contribution < -0.4 is 16.0 Å². The van der Waals surface area contributed by atoms with Crippen LogP contribution in [0.15, 0.2) is 12.1 Å². The third-order valence-corrected chi connectivity index (χ3v) is 4.91. The number of nitrogens with zero attached hydrogens (tertiary/aromatic N) is 4. The number of hydrogen-bond acceptors (Lipinski definition) is 8. The van der Waals surface area contributed by atoms with Crippen molar-refractivity contribution in [3.8, 4) is 5.75 Å². The topological polar surface area (TPSA) is 69.3 Å². The van der Waals surface area contributed by atoms with Crippen LogP contribution in [0.1, 0.15) is 37.5 Å². The van der Waals surface area contributed by atoms with E-state index in [4.69, 9.17) is 0 Å². The first-order valence-corrected chi connectivity index (χ1v) is 11.8. The smallest absolute Gasteiger partial charge is 0.124 e. The Kier molecular flexibility index (Phi) is 17.5. The first-order valence-electron chi connectivity index (χ1n) is 11.8. The van der Waals surface area contributed by atoms with E-state index in [0.29, 0.717) is 18.8 Å². The van der Waals surface area contributed by atoms with Crippen molar-refractivity contribution >= 4 is 0 Å². The predicted molar refractivity (Wildman–Crippen MR) is 138 cm³/mol. The van der Waals surface area contributed by atoms with E-state index in [0.717, 1.165) is 37.7 Å². The van der Waals surface area contributed by atoms with Gasteiger partial charge in [0.05, 0.1) is 0 Å². The Bertz CT molecular complexity index is 549. The Balaban J connectivity index is 0.00000118. The maximum atomic E-state index is 10.6. The van der Waals surface area contributed by atoms with Gasteiger partial charge in [0.2, 0.25) is 0 Å². The van der Waals surface area contributed by atoms with Gasteiger partial charge in [0, 0.05) is 50.8 Å². The lowest BCUT2D eigenvalue weighted by molar-refractivity contribution is 0.321. The molecule has 1 aromatic rings. The molecule has 32 heavy (non-hydrogen) atoms. The zero-order valence-corrected chi connectivity index (χ0v) is 22.3. The van der Waals surface area contributed by atoms with Crippen molar-refractivity contribution in [2.24, 2.45) is 0 Å². The normalized spacial score (nSPS) is 11.5. The summed E-state index contributed by atoms with van der Waals surface area (Å²) < 4.78 is 0. The van der Waals surface area contributed by atoms with E-state index in [1.807, 2.05) is 42.3 Å². The van der Waals surface area contributed by atoms with Gasteiger partial charge < -0.3 is 26.0 Å². The highest BCUT2D eigenvalue weighted by Gasteiger charge is 2.10. The van der Waals surface area contributed by atoms with Crippen molar-refractivity contribution in [1.82, 2.24) is 35.6 Å². The molecule has 1 aromatic carbocycles. The minimum atomic E-state index is 0.383. The molecule has 0 spiro atoms. The van der Waals surface area contributed by atoms with Crippen LogP contribution >= 0.6 is 0 Å². The Labute approximate surface area is 197 Å². The van der Waals surface area contributed by atoms with Crippen molar-refractivity contribution in [2.45, 2.75) is 40.4 Å². The van der Waals surface area contributed by atoms with Gasteiger partial charge in [-0.05, 0) is 79.6 Å². The van der Waals surface area contributed by atoms with E-state index in [-0.39, 0.29) is 0 Å². The SMILES string of the molecule is CCN(CC)CC.CN(C)CNCc1cc(CNCN(C)C)c(O)c(CNCN(C)C)c1. The van der Waals surface area contributed by atoms with Crippen molar-refractivity contribution in [3.63, 3.8) is 0 Å². The molecule has 188 valence electrons. The second-order valence-electron chi connectivity index (χ2n) is 8.88. The van der Waals surface area contributed by atoms with Crippen molar-refractivity contribution in [2.75, 3.05) is 81.9 Å². The van der Waals surface area contributed by atoms with Crippen LogP contribution in [-0.4, -0.2) is 107 Å². The summed E-state index contributed by atoms with van der Waals surface area (Å²) >= 11 is 0. The van der Waals surface area contributed by atoms with E-state index in [1.54, 1.807) is 0 Å². The van der Waals surface area contributed by atoms with Gasteiger partial charge in [0.15, 0.2) is 0 Å². The van der Waals surface area contributed by atoms with Crippen molar-refractivity contribution < 1.29 is 5.11 Å². The molecule has 0 aliphatic carbocycles. The summed E-state index contributed by atoms with van der Waals surface area (Å²) in [5, 5.41) is 20.7. The molecule has 0 fully saturated rings. The lowest BCUT2D eigenvalue weighted by Gasteiger charge is -2.18. The maximum absolute atomic E-state index is 10.6. The van der Waals surface area contributed by atoms with Crippen molar-refractivity contribution in [3.05, 3.63) is 28.8 Å². The highest BCUT2D eigenvalue weighted by molar-refractivity contribution is 5.44. The Morgan fingerprint density at radius 1 is 0.625 bits per heavy atom. The number of aromatic hydroxyl groups is 1. The predicted octanol–water partition coefficient (Wildman–Crippen LogP) is 1.57. The number of phenols is 1. The number of benzene rings is 1. The third-order valence-electron chi connectivity index (χ3n) is 4.91. The molecule has 0 aromatic heterocycles. The second-order valence-corrected chi connectivity index (χ2v) is 8.88. The molecular formula is C24H51N7O. The summed E-state index contributed by atoms with van der Waals surface area (Å²) in [5.41, 5.74) is 3.06. The zero-order valence-electron chi connectivity index (χ0n) is 22.3. The summed E-state index contributed by atoms with van der Waals surface area (Å²) in [4.78, 5) is 8.61. The first kappa shape index (κ1) is 30.7. The van der Waals surface area contributed by atoms with E-state index < -0.39 is 0 Å². The van der Waals surface area contributed by atoms with Gasteiger partial charge in [0.25, 0.3) is 0 Å². The monoisotopic (exact) mass is 453 g/mol. The second kappa shape index (κ2) is 18.2. The van der Waals surface area contributed by atoms with Crippen LogP contribution in [0.25, 0.3) is 0 Å². The lowest BCUT2D eigenvalue weighted by atomic mass is 10.0. The van der Waals surface area contributed by atoms with Gasteiger partial charge >= 0.3 is 0 Å².